The minimum absolute atomic E-state index is 0.128. The summed E-state index contributed by atoms with van der Waals surface area (Å²) in [5.74, 6) is 1.23. The predicted molar refractivity (Wildman–Crippen MR) is 138 cm³/mol. The number of nitrogens with one attached hydrogen (secondary N) is 2. The van der Waals surface area contributed by atoms with Crippen LogP contribution in [0.15, 0.2) is 48.7 Å². The lowest BCUT2D eigenvalue weighted by atomic mass is 10.1. The summed E-state index contributed by atoms with van der Waals surface area (Å²) < 4.78 is 6.01. The van der Waals surface area contributed by atoms with Crippen LogP contribution in [0, 0.1) is 35.3 Å². The number of rotatable bonds is 8. The van der Waals surface area contributed by atoms with Crippen LogP contribution in [0.3, 0.4) is 0 Å². The van der Waals surface area contributed by atoms with Crippen molar-refractivity contribution in [2.45, 2.75) is 32.7 Å². The number of piperidine rings is 1. The Labute approximate surface area is 214 Å². The molecule has 11 nitrogen and oxygen atoms in total. The van der Waals surface area contributed by atoms with Gasteiger partial charge < -0.3 is 15.4 Å². The number of carbonyl (C=O) groups excluding carboxylic acids is 1. The molecule has 4 rings (SSSR count). The number of nitrogens with zero attached hydrogens (tertiary/aromatic N) is 5. The Balaban J connectivity index is 1.29. The SMILES string of the molecule is Cc1cc(C#N)cc(C)c1Oc1ccnc(NC2CCN(CC(=O)Nc3ccccc3[N+](=O)[O-])CC2)n1. The molecule has 0 saturated carbocycles. The first-order chi connectivity index (χ1) is 17.8. The van der Waals surface area contributed by atoms with Gasteiger partial charge in [-0.05, 0) is 56.0 Å². The maximum atomic E-state index is 12.5. The fraction of sp³-hybridized carbons (Fsp3) is 0.308. The average molecular weight is 502 g/mol. The lowest BCUT2D eigenvalue weighted by Gasteiger charge is -2.31. The van der Waals surface area contributed by atoms with Gasteiger partial charge in [-0.1, -0.05) is 12.1 Å². The van der Waals surface area contributed by atoms with Crippen molar-refractivity contribution in [3.8, 4) is 17.7 Å². The largest absolute Gasteiger partial charge is 0.438 e. The Hall–Kier alpha value is -4.56. The molecule has 0 spiro atoms. The molecule has 11 heteroatoms. The number of carbonyl (C=O) groups is 1. The van der Waals surface area contributed by atoms with Crippen LogP contribution in [0.2, 0.25) is 0 Å². The van der Waals surface area contributed by atoms with Crippen LogP contribution in [0.1, 0.15) is 29.5 Å². The van der Waals surface area contributed by atoms with E-state index in [9.17, 15) is 14.9 Å². The van der Waals surface area contributed by atoms with Crippen molar-refractivity contribution in [2.75, 3.05) is 30.3 Å². The second-order valence-corrected chi connectivity index (χ2v) is 8.89. The van der Waals surface area contributed by atoms with Crippen molar-refractivity contribution < 1.29 is 14.5 Å². The standard InChI is InChI=1S/C26H27N7O4/c1-17-13-19(15-27)14-18(2)25(17)37-24-7-10-28-26(31-24)29-20-8-11-32(12-9-20)16-23(34)30-21-5-3-4-6-22(21)33(35)36/h3-7,10,13-14,20H,8-9,11-12,16H2,1-2H3,(H,30,34)(H,28,29,31). The van der Waals surface area contributed by atoms with E-state index in [1.54, 1.807) is 36.5 Å². The van der Waals surface area contributed by atoms with Crippen LogP contribution in [-0.2, 0) is 4.79 Å². The monoisotopic (exact) mass is 501 g/mol. The molecule has 190 valence electrons. The Kier molecular flexibility index (Phi) is 7.90. The molecule has 3 aromatic rings. The zero-order valence-electron chi connectivity index (χ0n) is 20.6. The fourth-order valence-corrected chi connectivity index (χ4v) is 4.30. The van der Waals surface area contributed by atoms with E-state index in [-0.39, 0.29) is 29.9 Å². The molecule has 1 aliphatic heterocycles. The van der Waals surface area contributed by atoms with Gasteiger partial charge in [-0.25, -0.2) is 4.98 Å². The number of ether oxygens (including phenoxy) is 1. The molecule has 0 bridgehead atoms. The molecule has 0 radical (unpaired) electrons. The van der Waals surface area contributed by atoms with Crippen molar-refractivity contribution in [2.24, 2.45) is 0 Å². The Bertz CT molecular complexity index is 1320. The second-order valence-electron chi connectivity index (χ2n) is 8.89. The number of nitriles is 1. The quantitative estimate of drug-likeness (QED) is 0.343. The molecule has 37 heavy (non-hydrogen) atoms. The first kappa shape index (κ1) is 25.5. The smallest absolute Gasteiger partial charge is 0.292 e. The molecular formula is C26H27N7O4. The van der Waals surface area contributed by atoms with Crippen LogP contribution >= 0.6 is 0 Å². The minimum atomic E-state index is -0.512. The first-order valence-corrected chi connectivity index (χ1v) is 11.9. The van der Waals surface area contributed by atoms with E-state index in [0.717, 1.165) is 24.0 Å². The predicted octanol–water partition coefficient (Wildman–Crippen LogP) is 4.18. The summed E-state index contributed by atoms with van der Waals surface area (Å²) in [6, 6.07) is 13.6. The minimum Gasteiger partial charge on any atom is -0.438 e. The van der Waals surface area contributed by atoms with Crippen molar-refractivity contribution in [3.63, 3.8) is 0 Å². The van der Waals surface area contributed by atoms with Gasteiger partial charge in [-0.3, -0.25) is 19.8 Å². The summed E-state index contributed by atoms with van der Waals surface area (Å²) in [4.78, 5) is 33.9. The van der Waals surface area contributed by atoms with Crippen molar-refractivity contribution >= 4 is 23.2 Å². The number of nitro groups is 1. The van der Waals surface area contributed by atoms with E-state index in [0.29, 0.717) is 36.2 Å². The van der Waals surface area contributed by atoms with Gasteiger partial charge in [0, 0.05) is 37.5 Å². The zero-order chi connectivity index (χ0) is 26.4. The van der Waals surface area contributed by atoms with Crippen molar-refractivity contribution in [1.29, 1.82) is 5.26 Å². The van der Waals surface area contributed by atoms with Gasteiger partial charge >= 0.3 is 0 Å². The number of anilines is 2. The number of nitro benzene ring substituents is 1. The summed E-state index contributed by atoms with van der Waals surface area (Å²) in [5.41, 5.74) is 2.35. The lowest BCUT2D eigenvalue weighted by Crippen LogP contribution is -2.42. The highest BCUT2D eigenvalue weighted by molar-refractivity contribution is 5.94. The third-order valence-electron chi connectivity index (χ3n) is 6.09. The molecule has 0 aliphatic carbocycles. The number of aryl methyl sites for hydroxylation is 2. The molecule has 1 aromatic heterocycles. The van der Waals surface area contributed by atoms with Gasteiger partial charge in [-0.2, -0.15) is 10.2 Å². The van der Waals surface area contributed by atoms with Crippen LogP contribution < -0.4 is 15.4 Å². The number of hydrogen-bond acceptors (Lipinski definition) is 9. The van der Waals surface area contributed by atoms with Crippen molar-refractivity contribution in [1.82, 2.24) is 14.9 Å². The van der Waals surface area contributed by atoms with E-state index in [2.05, 4.69) is 26.7 Å². The van der Waals surface area contributed by atoms with Crippen LogP contribution in [-0.4, -0.2) is 51.4 Å². The zero-order valence-corrected chi connectivity index (χ0v) is 20.6. The normalized spacial score (nSPS) is 14.0. The Morgan fingerprint density at radius 1 is 1.22 bits per heavy atom. The molecular weight excluding hydrogens is 474 g/mol. The fourth-order valence-electron chi connectivity index (χ4n) is 4.30. The first-order valence-electron chi connectivity index (χ1n) is 11.9. The highest BCUT2D eigenvalue weighted by Crippen LogP contribution is 2.29. The van der Waals surface area contributed by atoms with E-state index in [1.165, 1.54) is 12.1 Å². The number of likely N-dealkylation sites (tertiary alicyclic amines) is 1. The number of para-hydroxylation sites is 2. The number of benzene rings is 2. The maximum Gasteiger partial charge on any atom is 0.292 e. The average Bonchev–Trinajstić information content (AvgIpc) is 2.87. The summed E-state index contributed by atoms with van der Waals surface area (Å²) >= 11 is 0. The van der Waals surface area contributed by atoms with Gasteiger partial charge in [0.05, 0.1) is 23.1 Å². The topological polar surface area (TPSA) is 146 Å². The lowest BCUT2D eigenvalue weighted by molar-refractivity contribution is -0.383. The van der Waals surface area contributed by atoms with Gasteiger partial charge in [0.1, 0.15) is 11.4 Å². The summed E-state index contributed by atoms with van der Waals surface area (Å²) in [7, 11) is 0. The second kappa shape index (κ2) is 11.5. The number of aromatic nitrogens is 2. The van der Waals surface area contributed by atoms with Crippen LogP contribution in [0.25, 0.3) is 0 Å². The molecule has 1 fully saturated rings. The van der Waals surface area contributed by atoms with Gasteiger partial charge in [0.15, 0.2) is 0 Å². The molecule has 1 aliphatic rings. The van der Waals surface area contributed by atoms with Crippen LogP contribution in [0.5, 0.6) is 11.6 Å². The summed E-state index contributed by atoms with van der Waals surface area (Å²) in [6.45, 7) is 5.29. The van der Waals surface area contributed by atoms with Crippen molar-refractivity contribution in [3.05, 3.63) is 75.5 Å². The molecule has 1 saturated heterocycles. The Morgan fingerprint density at radius 2 is 1.92 bits per heavy atom. The molecule has 1 amide bonds. The highest BCUT2D eigenvalue weighted by atomic mass is 16.6. The van der Waals surface area contributed by atoms with E-state index >= 15 is 0 Å². The van der Waals surface area contributed by atoms with Crippen LogP contribution in [0.4, 0.5) is 17.3 Å². The molecule has 2 aromatic carbocycles. The van der Waals surface area contributed by atoms with E-state index in [1.807, 2.05) is 18.7 Å². The molecule has 0 atom stereocenters. The number of hydrogen-bond donors (Lipinski definition) is 2. The number of amides is 1. The third kappa shape index (κ3) is 6.56. The van der Waals surface area contributed by atoms with Gasteiger partial charge in [0.25, 0.3) is 5.69 Å². The molecule has 2 N–H and O–H groups in total. The highest BCUT2D eigenvalue weighted by Gasteiger charge is 2.23. The van der Waals surface area contributed by atoms with E-state index < -0.39 is 4.92 Å². The molecule has 0 unspecified atom stereocenters. The van der Waals surface area contributed by atoms with Gasteiger partial charge in [0.2, 0.25) is 17.7 Å². The van der Waals surface area contributed by atoms with Gasteiger partial charge in [-0.15, -0.1) is 0 Å². The van der Waals surface area contributed by atoms with E-state index in [4.69, 9.17) is 10.00 Å². The Morgan fingerprint density at radius 3 is 2.59 bits per heavy atom. The maximum absolute atomic E-state index is 12.5. The third-order valence-corrected chi connectivity index (χ3v) is 6.09. The summed E-state index contributed by atoms with van der Waals surface area (Å²) in [5, 5.41) is 26.3. The summed E-state index contributed by atoms with van der Waals surface area (Å²) in [6.07, 6.45) is 3.18. The molecule has 2 heterocycles.